The van der Waals surface area contributed by atoms with Crippen molar-refractivity contribution in [1.82, 2.24) is 9.80 Å². The number of hydrogen-bond donors (Lipinski definition) is 2. The van der Waals surface area contributed by atoms with Crippen LogP contribution in [0.3, 0.4) is 0 Å². The van der Waals surface area contributed by atoms with Crippen molar-refractivity contribution in [2.24, 2.45) is 17.6 Å². The molecule has 1 amide bonds. The summed E-state index contributed by atoms with van der Waals surface area (Å²) in [7, 11) is 2.21. The van der Waals surface area contributed by atoms with Gasteiger partial charge in [0.2, 0.25) is 5.91 Å². The van der Waals surface area contributed by atoms with Crippen LogP contribution in [0.2, 0.25) is 0 Å². The Labute approximate surface area is 179 Å². The van der Waals surface area contributed by atoms with Gasteiger partial charge in [0, 0.05) is 22.0 Å². The average Bonchev–Trinajstić information content (AvgIpc) is 2.66. The van der Waals surface area contributed by atoms with Gasteiger partial charge in [-0.05, 0) is 114 Å². The fraction of sp³-hybridized carbons (Fsp3) is 0.650. The smallest absolute Gasteiger partial charge is 0.239 e. The molecule has 4 N–H and O–H groups in total. The molecule has 2 heterocycles. The van der Waals surface area contributed by atoms with Crippen LogP contribution in [-0.2, 0) is 11.2 Å². The minimum absolute atomic E-state index is 0.0703. The summed E-state index contributed by atoms with van der Waals surface area (Å²) in [6.45, 7) is 4.11. The predicted octanol–water partition coefficient (Wildman–Crippen LogP) is 3.24. The van der Waals surface area contributed by atoms with Crippen molar-refractivity contribution in [1.29, 1.82) is 0 Å². The van der Waals surface area contributed by atoms with Crippen LogP contribution in [0.15, 0.2) is 21.1 Å². The van der Waals surface area contributed by atoms with Gasteiger partial charge in [-0.15, -0.1) is 0 Å². The van der Waals surface area contributed by atoms with Gasteiger partial charge in [0.05, 0.1) is 11.7 Å². The van der Waals surface area contributed by atoms with E-state index in [1.54, 1.807) is 0 Å². The number of hydrogen-bond acceptors (Lipinski definition) is 4. The van der Waals surface area contributed by atoms with E-state index >= 15 is 0 Å². The Balaban J connectivity index is 1.51. The molecule has 0 radical (unpaired) electrons. The SMILES string of the molecule is CN1CCC(C2CCN(C(=O)[C@H](N)Cc3cc(Br)c(N)c(Br)c3)CC2)CC1. The zero-order chi connectivity index (χ0) is 19.6. The lowest BCUT2D eigenvalue weighted by molar-refractivity contribution is -0.134. The zero-order valence-corrected chi connectivity index (χ0v) is 19.1. The number of likely N-dealkylation sites (tertiary alicyclic amines) is 2. The molecule has 0 bridgehead atoms. The van der Waals surface area contributed by atoms with Crippen molar-refractivity contribution in [3.8, 4) is 0 Å². The van der Waals surface area contributed by atoms with Crippen molar-refractivity contribution in [2.45, 2.75) is 38.1 Å². The van der Waals surface area contributed by atoms with Gasteiger partial charge in [-0.25, -0.2) is 0 Å². The lowest BCUT2D eigenvalue weighted by Gasteiger charge is -2.40. The standard InChI is InChI=1S/C20H30Br2N4O/c1-25-6-2-14(3-7-25)15-4-8-26(9-5-15)20(27)18(23)12-13-10-16(21)19(24)17(22)11-13/h10-11,14-15,18H,2-9,12,23-24H2,1H3/t18-/m1/s1. The van der Waals surface area contributed by atoms with Crippen molar-refractivity contribution >= 4 is 43.5 Å². The summed E-state index contributed by atoms with van der Waals surface area (Å²) in [5.41, 5.74) is 13.9. The molecule has 5 nitrogen and oxygen atoms in total. The third-order valence-electron chi connectivity index (χ3n) is 6.19. The van der Waals surface area contributed by atoms with Crippen molar-refractivity contribution < 1.29 is 4.79 Å². The molecule has 2 saturated heterocycles. The number of amides is 1. The van der Waals surface area contributed by atoms with E-state index in [1.807, 2.05) is 17.0 Å². The third kappa shape index (κ3) is 5.25. The second kappa shape index (κ2) is 9.25. The van der Waals surface area contributed by atoms with Gasteiger partial charge in [-0.1, -0.05) is 0 Å². The van der Waals surface area contributed by atoms with Gasteiger partial charge in [0.25, 0.3) is 0 Å². The molecular weight excluding hydrogens is 472 g/mol. The van der Waals surface area contributed by atoms with E-state index in [0.717, 1.165) is 52.3 Å². The number of nitrogens with zero attached hydrogens (tertiary/aromatic N) is 2. The van der Waals surface area contributed by atoms with Crippen molar-refractivity contribution in [2.75, 3.05) is 39.0 Å². The number of rotatable bonds is 4. The molecule has 0 unspecified atom stereocenters. The zero-order valence-electron chi connectivity index (χ0n) is 16.0. The first-order valence-corrected chi connectivity index (χ1v) is 11.4. The van der Waals surface area contributed by atoms with E-state index in [9.17, 15) is 4.79 Å². The van der Waals surface area contributed by atoms with Gasteiger partial charge in [-0.3, -0.25) is 4.79 Å². The van der Waals surface area contributed by atoms with Crippen LogP contribution < -0.4 is 11.5 Å². The molecule has 0 spiro atoms. The third-order valence-corrected chi connectivity index (χ3v) is 7.51. The summed E-state index contributed by atoms with van der Waals surface area (Å²) in [4.78, 5) is 17.2. The maximum atomic E-state index is 12.8. The number of carbonyl (C=O) groups excluding carboxylic acids is 1. The van der Waals surface area contributed by atoms with Crippen LogP contribution in [0, 0.1) is 11.8 Å². The molecule has 7 heteroatoms. The van der Waals surface area contributed by atoms with E-state index in [-0.39, 0.29) is 5.91 Å². The summed E-state index contributed by atoms with van der Waals surface area (Å²) >= 11 is 6.91. The number of halogens is 2. The van der Waals surface area contributed by atoms with Crippen LogP contribution in [0.25, 0.3) is 0 Å². The molecule has 3 rings (SSSR count). The summed E-state index contributed by atoms with van der Waals surface area (Å²) < 4.78 is 1.65. The second-order valence-electron chi connectivity index (χ2n) is 8.09. The molecule has 0 saturated carbocycles. The lowest BCUT2D eigenvalue weighted by atomic mass is 9.79. The molecule has 1 aromatic rings. The highest BCUT2D eigenvalue weighted by Crippen LogP contribution is 2.33. The van der Waals surface area contributed by atoms with Crippen molar-refractivity contribution in [3.63, 3.8) is 0 Å². The highest BCUT2D eigenvalue weighted by Gasteiger charge is 2.31. The summed E-state index contributed by atoms with van der Waals surface area (Å²) in [5, 5.41) is 0. The molecule has 27 heavy (non-hydrogen) atoms. The highest BCUT2D eigenvalue weighted by molar-refractivity contribution is 9.11. The van der Waals surface area contributed by atoms with Gasteiger partial charge in [-0.2, -0.15) is 0 Å². The normalized spacial score (nSPS) is 21.4. The molecular formula is C20H30Br2N4O. The Kier molecular flexibility index (Phi) is 7.22. The number of carbonyl (C=O) groups is 1. The van der Waals surface area contributed by atoms with E-state index in [1.165, 1.54) is 25.9 Å². The van der Waals surface area contributed by atoms with Crippen LogP contribution in [0.5, 0.6) is 0 Å². The number of benzene rings is 1. The molecule has 2 aliphatic rings. The number of anilines is 1. The fourth-order valence-corrected chi connectivity index (χ4v) is 5.70. The second-order valence-corrected chi connectivity index (χ2v) is 9.80. The number of nitrogen functional groups attached to an aromatic ring is 1. The van der Waals surface area contributed by atoms with Gasteiger partial charge < -0.3 is 21.3 Å². The number of nitrogens with two attached hydrogens (primary N) is 2. The van der Waals surface area contributed by atoms with Gasteiger partial charge >= 0.3 is 0 Å². The Bertz CT molecular complexity index is 645. The Morgan fingerprint density at radius 3 is 2.07 bits per heavy atom. The summed E-state index contributed by atoms with van der Waals surface area (Å²) in [6.07, 6.45) is 5.36. The summed E-state index contributed by atoms with van der Waals surface area (Å²) in [5.74, 6) is 1.67. The van der Waals surface area contributed by atoms with Crippen LogP contribution >= 0.6 is 31.9 Å². The largest absolute Gasteiger partial charge is 0.397 e. The maximum absolute atomic E-state index is 12.8. The molecule has 0 aliphatic carbocycles. The molecule has 2 aliphatic heterocycles. The predicted molar refractivity (Wildman–Crippen MR) is 117 cm³/mol. The molecule has 2 fully saturated rings. The van der Waals surface area contributed by atoms with E-state index in [4.69, 9.17) is 11.5 Å². The Morgan fingerprint density at radius 2 is 1.56 bits per heavy atom. The van der Waals surface area contributed by atoms with Crippen LogP contribution in [0.1, 0.15) is 31.2 Å². The lowest BCUT2D eigenvalue weighted by Crippen LogP contribution is -2.49. The first kappa shape index (κ1) is 21.1. The monoisotopic (exact) mass is 500 g/mol. The maximum Gasteiger partial charge on any atom is 0.239 e. The van der Waals surface area contributed by atoms with Gasteiger partial charge in [0.1, 0.15) is 0 Å². The molecule has 150 valence electrons. The molecule has 1 aromatic carbocycles. The average molecular weight is 502 g/mol. The van der Waals surface area contributed by atoms with E-state index < -0.39 is 6.04 Å². The number of piperidine rings is 2. The minimum Gasteiger partial charge on any atom is -0.397 e. The Hall–Kier alpha value is -0.630. The minimum atomic E-state index is -0.507. The quantitative estimate of drug-likeness (QED) is 0.621. The van der Waals surface area contributed by atoms with Crippen LogP contribution in [0.4, 0.5) is 5.69 Å². The fourth-order valence-electron chi connectivity index (χ4n) is 4.42. The first-order chi connectivity index (χ1) is 12.8. The van der Waals surface area contributed by atoms with Crippen molar-refractivity contribution in [3.05, 3.63) is 26.6 Å². The summed E-state index contributed by atoms with van der Waals surface area (Å²) in [6, 6.07) is 3.38. The molecule has 0 aromatic heterocycles. The van der Waals surface area contributed by atoms with E-state index in [0.29, 0.717) is 12.1 Å². The Morgan fingerprint density at radius 1 is 1.07 bits per heavy atom. The molecule has 1 atom stereocenters. The van der Waals surface area contributed by atoms with Gasteiger partial charge in [0.15, 0.2) is 0 Å². The van der Waals surface area contributed by atoms with Crippen LogP contribution in [-0.4, -0.2) is 55.0 Å². The topological polar surface area (TPSA) is 75.6 Å². The highest BCUT2D eigenvalue weighted by atomic mass is 79.9. The first-order valence-electron chi connectivity index (χ1n) is 9.81. The van der Waals surface area contributed by atoms with E-state index in [2.05, 4.69) is 43.8 Å².